The molecular weight excluding hydrogens is 332 g/mol. The third-order valence-electron chi connectivity index (χ3n) is 4.08. The molecular formula is C14H16N6O3S. The van der Waals surface area contributed by atoms with Crippen LogP contribution in [0, 0.1) is 6.92 Å². The molecule has 126 valence electrons. The highest BCUT2D eigenvalue weighted by Gasteiger charge is 2.28. The number of rotatable bonds is 3. The molecule has 10 heteroatoms. The number of hydrogen-bond acceptors (Lipinski definition) is 5. The molecule has 3 N–H and O–H groups in total. The first kappa shape index (κ1) is 15.1. The Balaban J connectivity index is 1.68. The Kier molecular flexibility index (Phi) is 3.32. The molecule has 0 aliphatic carbocycles. The lowest BCUT2D eigenvalue weighted by Crippen LogP contribution is -2.33. The molecule has 0 spiro atoms. The van der Waals surface area contributed by atoms with E-state index in [1.54, 1.807) is 17.7 Å². The third-order valence-corrected chi connectivity index (χ3v) is 5.55. The molecule has 0 bridgehead atoms. The number of hydrogen-bond donors (Lipinski definition) is 3. The minimum atomic E-state index is -3.74. The molecule has 1 atom stereocenters. The largest absolute Gasteiger partial charge is 0.323 e. The van der Waals surface area contributed by atoms with Crippen LogP contribution in [0.5, 0.6) is 0 Å². The molecule has 0 radical (unpaired) electrons. The van der Waals surface area contributed by atoms with Gasteiger partial charge in [0.25, 0.3) is 0 Å². The quantitative estimate of drug-likeness (QED) is 0.638. The maximum atomic E-state index is 12.7. The number of sulfonamides is 1. The van der Waals surface area contributed by atoms with Crippen LogP contribution in [0.2, 0.25) is 0 Å². The first-order chi connectivity index (χ1) is 11.4. The Labute approximate surface area is 137 Å². The van der Waals surface area contributed by atoms with Gasteiger partial charge >= 0.3 is 5.69 Å². The fourth-order valence-corrected chi connectivity index (χ4v) is 4.27. The first-order valence-corrected chi connectivity index (χ1v) is 9.06. The normalized spacial score (nSPS) is 18.0. The maximum absolute atomic E-state index is 12.7. The fourth-order valence-electron chi connectivity index (χ4n) is 3.01. The SMILES string of the molecule is Cc1nc2n(n1)CCCC2NS(=O)(=O)c1ccc2[nH]c(=O)[nH]c2c1. The summed E-state index contributed by atoms with van der Waals surface area (Å²) >= 11 is 0. The van der Waals surface area contributed by atoms with Crippen LogP contribution in [0.25, 0.3) is 11.0 Å². The Bertz CT molecular complexity index is 1080. The summed E-state index contributed by atoms with van der Waals surface area (Å²) in [5.41, 5.74) is 0.640. The topological polar surface area (TPSA) is 126 Å². The minimum Gasteiger partial charge on any atom is -0.306 e. The smallest absolute Gasteiger partial charge is 0.306 e. The lowest BCUT2D eigenvalue weighted by molar-refractivity contribution is 0.399. The summed E-state index contributed by atoms with van der Waals surface area (Å²) in [6, 6.07) is 4.06. The van der Waals surface area contributed by atoms with E-state index in [1.807, 2.05) is 0 Å². The van der Waals surface area contributed by atoms with E-state index < -0.39 is 16.1 Å². The van der Waals surface area contributed by atoms with Gasteiger partial charge in [-0.3, -0.25) is 0 Å². The second-order valence-electron chi connectivity index (χ2n) is 5.84. The van der Waals surface area contributed by atoms with Gasteiger partial charge in [0.2, 0.25) is 10.0 Å². The number of nitrogens with one attached hydrogen (secondary N) is 3. The van der Waals surface area contributed by atoms with E-state index in [2.05, 4.69) is 24.8 Å². The summed E-state index contributed by atoms with van der Waals surface area (Å²) in [7, 11) is -3.74. The number of fused-ring (bicyclic) bond motifs is 2. The van der Waals surface area contributed by atoms with Crippen molar-refractivity contribution in [2.75, 3.05) is 0 Å². The lowest BCUT2D eigenvalue weighted by atomic mass is 10.1. The van der Waals surface area contributed by atoms with Crippen LogP contribution in [0.4, 0.5) is 0 Å². The van der Waals surface area contributed by atoms with E-state index in [0.29, 0.717) is 29.1 Å². The molecule has 0 saturated heterocycles. The average molecular weight is 348 g/mol. The van der Waals surface area contributed by atoms with Gasteiger partial charge in [0.15, 0.2) is 0 Å². The van der Waals surface area contributed by atoms with Gasteiger partial charge in [-0.05, 0) is 38.0 Å². The average Bonchev–Trinajstić information content (AvgIpc) is 3.07. The van der Waals surface area contributed by atoms with Gasteiger partial charge < -0.3 is 9.97 Å². The zero-order chi connectivity index (χ0) is 16.9. The Morgan fingerprint density at radius 2 is 2.08 bits per heavy atom. The molecule has 2 aromatic heterocycles. The molecule has 1 aliphatic heterocycles. The molecule has 1 aromatic carbocycles. The number of aromatic nitrogens is 5. The highest BCUT2D eigenvalue weighted by Crippen LogP contribution is 2.25. The first-order valence-electron chi connectivity index (χ1n) is 7.58. The summed E-state index contributed by atoms with van der Waals surface area (Å²) in [5, 5.41) is 4.27. The van der Waals surface area contributed by atoms with Crippen LogP contribution in [0.15, 0.2) is 27.9 Å². The van der Waals surface area contributed by atoms with Crippen molar-refractivity contribution >= 4 is 21.1 Å². The predicted molar refractivity (Wildman–Crippen MR) is 86.0 cm³/mol. The molecule has 3 heterocycles. The van der Waals surface area contributed by atoms with Crippen molar-refractivity contribution in [3.05, 3.63) is 40.3 Å². The molecule has 4 rings (SSSR count). The van der Waals surface area contributed by atoms with Crippen molar-refractivity contribution in [3.63, 3.8) is 0 Å². The summed E-state index contributed by atoms with van der Waals surface area (Å²) in [4.78, 5) is 20.9. The number of H-pyrrole nitrogens is 2. The van der Waals surface area contributed by atoms with Crippen LogP contribution in [0.1, 0.15) is 30.5 Å². The van der Waals surface area contributed by atoms with Crippen LogP contribution < -0.4 is 10.4 Å². The van der Waals surface area contributed by atoms with E-state index in [1.165, 1.54) is 12.1 Å². The lowest BCUT2D eigenvalue weighted by Gasteiger charge is -2.23. The summed E-state index contributed by atoms with van der Waals surface area (Å²) < 4.78 is 29.8. The van der Waals surface area contributed by atoms with Crippen LogP contribution >= 0.6 is 0 Å². The van der Waals surface area contributed by atoms with Crippen LogP contribution in [-0.4, -0.2) is 33.2 Å². The number of aromatic amines is 2. The van der Waals surface area contributed by atoms with Gasteiger partial charge in [-0.2, -0.15) is 5.10 Å². The molecule has 3 aromatic rings. The van der Waals surface area contributed by atoms with Crippen LogP contribution in [-0.2, 0) is 16.6 Å². The Morgan fingerprint density at radius 1 is 1.29 bits per heavy atom. The van der Waals surface area contributed by atoms with Gasteiger partial charge in [-0.15, -0.1) is 0 Å². The van der Waals surface area contributed by atoms with Crippen molar-refractivity contribution in [2.24, 2.45) is 0 Å². The summed E-state index contributed by atoms with van der Waals surface area (Å²) in [6.07, 6.45) is 1.49. The summed E-state index contributed by atoms with van der Waals surface area (Å²) in [5.74, 6) is 1.26. The van der Waals surface area contributed by atoms with Crippen molar-refractivity contribution in [1.29, 1.82) is 0 Å². The molecule has 0 amide bonds. The number of imidazole rings is 1. The Hall–Kier alpha value is -2.46. The van der Waals surface area contributed by atoms with E-state index in [0.717, 1.165) is 13.0 Å². The van der Waals surface area contributed by atoms with Crippen molar-refractivity contribution < 1.29 is 8.42 Å². The number of benzene rings is 1. The fraction of sp³-hybridized carbons (Fsp3) is 0.357. The van der Waals surface area contributed by atoms with E-state index in [-0.39, 0.29) is 10.6 Å². The molecule has 24 heavy (non-hydrogen) atoms. The monoisotopic (exact) mass is 348 g/mol. The van der Waals surface area contributed by atoms with Crippen LogP contribution in [0.3, 0.4) is 0 Å². The molecule has 1 unspecified atom stereocenters. The van der Waals surface area contributed by atoms with Gasteiger partial charge in [0.1, 0.15) is 11.6 Å². The molecule has 9 nitrogen and oxygen atoms in total. The highest BCUT2D eigenvalue weighted by atomic mass is 32.2. The molecule has 0 saturated carbocycles. The van der Waals surface area contributed by atoms with Crippen molar-refractivity contribution in [1.82, 2.24) is 29.5 Å². The highest BCUT2D eigenvalue weighted by molar-refractivity contribution is 7.89. The van der Waals surface area contributed by atoms with Gasteiger partial charge in [0, 0.05) is 6.54 Å². The second kappa shape index (κ2) is 5.28. The summed E-state index contributed by atoms with van der Waals surface area (Å²) in [6.45, 7) is 2.53. The van der Waals surface area contributed by atoms with E-state index in [4.69, 9.17) is 0 Å². The van der Waals surface area contributed by atoms with Crippen molar-refractivity contribution in [2.45, 2.75) is 37.2 Å². The van der Waals surface area contributed by atoms with E-state index >= 15 is 0 Å². The third kappa shape index (κ3) is 2.53. The standard InChI is InChI=1S/C14H16N6O3S/c1-8-15-13-11(3-2-6-20(13)18-8)19-24(22,23)9-4-5-10-12(7-9)17-14(21)16-10/h4-5,7,11,19H,2-3,6H2,1H3,(H2,16,17,21). The van der Waals surface area contributed by atoms with Gasteiger partial charge in [-0.1, -0.05) is 0 Å². The Morgan fingerprint density at radius 3 is 2.92 bits per heavy atom. The van der Waals surface area contributed by atoms with Crippen molar-refractivity contribution in [3.8, 4) is 0 Å². The molecule has 1 aliphatic rings. The number of nitrogens with zero attached hydrogens (tertiary/aromatic N) is 3. The maximum Gasteiger partial charge on any atom is 0.323 e. The van der Waals surface area contributed by atoms with E-state index in [9.17, 15) is 13.2 Å². The minimum absolute atomic E-state index is 0.0959. The second-order valence-corrected chi connectivity index (χ2v) is 7.56. The number of aryl methyl sites for hydroxylation is 2. The zero-order valence-electron chi connectivity index (χ0n) is 12.9. The molecule has 0 fully saturated rings. The predicted octanol–water partition coefficient (Wildman–Crippen LogP) is 0.570. The van der Waals surface area contributed by atoms with Gasteiger partial charge in [-0.25, -0.2) is 27.6 Å². The zero-order valence-corrected chi connectivity index (χ0v) is 13.7. The van der Waals surface area contributed by atoms with Gasteiger partial charge in [0.05, 0.1) is 22.0 Å².